The molecule has 4 nitrogen and oxygen atoms in total. The van der Waals surface area contributed by atoms with Gasteiger partial charge in [-0.1, -0.05) is 0 Å². The molecule has 1 rings (SSSR count). The summed E-state index contributed by atoms with van der Waals surface area (Å²) >= 11 is 0. The van der Waals surface area contributed by atoms with Crippen LogP contribution in [-0.4, -0.2) is 42.5 Å². The molecular weight excluding hydrogens is 203 g/mol. The van der Waals surface area contributed by atoms with Crippen molar-refractivity contribution < 1.29 is 27.8 Å². The second-order valence-corrected chi connectivity index (χ2v) is 3.06. The van der Waals surface area contributed by atoms with Gasteiger partial charge in [0.1, 0.15) is 6.04 Å². The molecule has 0 radical (unpaired) electrons. The first-order valence-corrected chi connectivity index (χ1v) is 4.03. The molecule has 2 N–H and O–H groups in total. The van der Waals surface area contributed by atoms with Crippen molar-refractivity contribution in [3.8, 4) is 0 Å². The number of halogens is 3. The highest BCUT2D eigenvalue weighted by atomic mass is 19.4. The van der Waals surface area contributed by atoms with Crippen molar-refractivity contribution >= 4 is 5.97 Å². The van der Waals surface area contributed by atoms with Crippen molar-refractivity contribution in [3.63, 3.8) is 0 Å². The summed E-state index contributed by atoms with van der Waals surface area (Å²) in [6.07, 6.45) is -5.29. The Morgan fingerprint density at radius 1 is 1.57 bits per heavy atom. The summed E-state index contributed by atoms with van der Waals surface area (Å²) in [5, 5.41) is 10.6. The largest absolute Gasteiger partial charge is 0.481 e. The quantitative estimate of drug-likeness (QED) is 0.696. The van der Waals surface area contributed by atoms with Crippen LogP contribution >= 0.6 is 0 Å². The molecule has 14 heavy (non-hydrogen) atoms. The molecule has 1 aliphatic rings. The van der Waals surface area contributed by atoms with Gasteiger partial charge in [0.05, 0.1) is 19.1 Å². The van der Waals surface area contributed by atoms with E-state index in [1.807, 2.05) is 0 Å². The average Bonchev–Trinajstić information content (AvgIpc) is 2.02. The number of rotatable bonds is 2. The van der Waals surface area contributed by atoms with Crippen molar-refractivity contribution in [1.29, 1.82) is 0 Å². The molecule has 2 atom stereocenters. The van der Waals surface area contributed by atoms with E-state index in [0.717, 1.165) is 0 Å². The number of carboxylic acids is 1. The van der Waals surface area contributed by atoms with Gasteiger partial charge in [-0.15, -0.1) is 0 Å². The van der Waals surface area contributed by atoms with Gasteiger partial charge in [-0.3, -0.25) is 4.79 Å². The van der Waals surface area contributed by atoms with E-state index in [1.165, 1.54) is 0 Å². The van der Waals surface area contributed by atoms with Crippen LogP contribution in [0.5, 0.6) is 0 Å². The molecule has 7 heteroatoms. The summed E-state index contributed by atoms with van der Waals surface area (Å²) in [7, 11) is 0. The minimum absolute atomic E-state index is 0.0868. The Bertz CT molecular complexity index is 211. The molecule has 2 unspecified atom stereocenters. The standard InChI is InChI=1S/C7H10F3NO3/c8-7(9,10)5-3-14-4(2-11-5)1-6(12)13/h4-5,11H,1-3H2,(H,12,13). The van der Waals surface area contributed by atoms with Crippen LogP contribution in [0.1, 0.15) is 6.42 Å². The highest BCUT2D eigenvalue weighted by Crippen LogP contribution is 2.22. The Labute approximate surface area is 78.0 Å². The Balaban J connectivity index is 2.35. The van der Waals surface area contributed by atoms with Crippen LogP contribution in [0.4, 0.5) is 13.2 Å². The van der Waals surface area contributed by atoms with Crippen molar-refractivity contribution in [2.24, 2.45) is 0 Å². The fraction of sp³-hybridized carbons (Fsp3) is 0.857. The van der Waals surface area contributed by atoms with Crippen LogP contribution in [0.2, 0.25) is 0 Å². The Morgan fingerprint density at radius 2 is 2.21 bits per heavy atom. The molecule has 0 amide bonds. The Hall–Kier alpha value is -0.820. The van der Waals surface area contributed by atoms with Crippen LogP contribution in [0.15, 0.2) is 0 Å². The first kappa shape index (κ1) is 11.3. The van der Waals surface area contributed by atoms with E-state index in [-0.39, 0.29) is 13.0 Å². The Kier molecular flexibility index (Phi) is 3.33. The number of morpholine rings is 1. The van der Waals surface area contributed by atoms with Crippen LogP contribution in [0, 0.1) is 0 Å². The lowest BCUT2D eigenvalue weighted by Gasteiger charge is -2.30. The number of aliphatic carboxylic acids is 1. The smallest absolute Gasteiger partial charge is 0.406 e. The van der Waals surface area contributed by atoms with E-state index in [1.54, 1.807) is 0 Å². The van der Waals surface area contributed by atoms with E-state index < -0.39 is 30.9 Å². The van der Waals surface area contributed by atoms with Crippen LogP contribution in [0.25, 0.3) is 0 Å². The second-order valence-electron chi connectivity index (χ2n) is 3.06. The van der Waals surface area contributed by atoms with Gasteiger partial charge >= 0.3 is 12.1 Å². The van der Waals surface area contributed by atoms with E-state index >= 15 is 0 Å². The number of hydrogen-bond donors (Lipinski definition) is 2. The fourth-order valence-corrected chi connectivity index (χ4v) is 1.16. The molecule has 1 heterocycles. The summed E-state index contributed by atoms with van der Waals surface area (Å²) in [6, 6.07) is -1.69. The van der Waals surface area contributed by atoms with Crippen molar-refractivity contribution in [1.82, 2.24) is 5.32 Å². The fourth-order valence-electron chi connectivity index (χ4n) is 1.16. The van der Waals surface area contributed by atoms with Gasteiger partial charge in [0, 0.05) is 6.54 Å². The third kappa shape index (κ3) is 3.15. The maximum atomic E-state index is 12.1. The van der Waals surface area contributed by atoms with Crippen LogP contribution < -0.4 is 5.32 Å². The number of nitrogens with one attached hydrogen (secondary N) is 1. The van der Waals surface area contributed by atoms with Crippen LogP contribution in [-0.2, 0) is 9.53 Å². The second kappa shape index (κ2) is 4.14. The minimum atomic E-state index is -4.34. The van der Waals surface area contributed by atoms with Gasteiger partial charge in [-0.25, -0.2) is 0 Å². The highest BCUT2D eigenvalue weighted by molar-refractivity contribution is 5.67. The molecule has 1 fully saturated rings. The SMILES string of the molecule is O=C(O)CC1CNC(C(F)(F)F)CO1. The predicted molar refractivity (Wildman–Crippen MR) is 39.8 cm³/mol. The zero-order valence-corrected chi connectivity index (χ0v) is 7.17. The van der Waals surface area contributed by atoms with Gasteiger partial charge in [-0.05, 0) is 0 Å². The molecule has 1 saturated heterocycles. The summed E-state index contributed by atoms with van der Waals surface area (Å²) in [4.78, 5) is 10.2. The third-order valence-corrected chi connectivity index (χ3v) is 1.89. The lowest BCUT2D eigenvalue weighted by molar-refractivity contribution is -0.185. The lowest BCUT2D eigenvalue weighted by atomic mass is 10.2. The molecular formula is C7H10F3NO3. The zero-order chi connectivity index (χ0) is 10.8. The summed E-state index contributed by atoms with van der Waals surface area (Å²) in [5.74, 6) is -1.08. The number of carboxylic acid groups (broad SMARTS) is 1. The molecule has 0 aromatic heterocycles. The summed E-state index contributed by atoms with van der Waals surface area (Å²) in [6.45, 7) is -0.613. The maximum absolute atomic E-state index is 12.1. The highest BCUT2D eigenvalue weighted by Gasteiger charge is 2.42. The van der Waals surface area contributed by atoms with E-state index in [9.17, 15) is 18.0 Å². The topological polar surface area (TPSA) is 58.6 Å². The molecule has 1 aliphatic heterocycles. The van der Waals surface area contributed by atoms with Gasteiger partial charge < -0.3 is 15.2 Å². The molecule has 0 aromatic rings. The monoisotopic (exact) mass is 213 g/mol. The number of ether oxygens (including phenoxy) is 1. The lowest BCUT2D eigenvalue weighted by Crippen LogP contribution is -2.53. The summed E-state index contributed by atoms with van der Waals surface area (Å²) in [5.41, 5.74) is 0. The zero-order valence-electron chi connectivity index (χ0n) is 7.17. The van der Waals surface area contributed by atoms with Crippen molar-refractivity contribution in [2.45, 2.75) is 24.7 Å². The van der Waals surface area contributed by atoms with E-state index in [4.69, 9.17) is 9.84 Å². The third-order valence-electron chi connectivity index (χ3n) is 1.89. The van der Waals surface area contributed by atoms with Gasteiger partial charge in [0.2, 0.25) is 0 Å². The number of alkyl halides is 3. The maximum Gasteiger partial charge on any atom is 0.406 e. The molecule has 0 saturated carbocycles. The molecule has 0 spiro atoms. The van der Waals surface area contributed by atoms with Crippen molar-refractivity contribution in [3.05, 3.63) is 0 Å². The molecule has 0 aromatic carbocycles. The molecule has 0 bridgehead atoms. The van der Waals surface area contributed by atoms with Gasteiger partial charge in [-0.2, -0.15) is 13.2 Å². The first-order valence-electron chi connectivity index (χ1n) is 4.03. The normalized spacial score (nSPS) is 28.8. The molecule has 82 valence electrons. The van der Waals surface area contributed by atoms with E-state index in [2.05, 4.69) is 5.32 Å². The van der Waals surface area contributed by atoms with E-state index in [0.29, 0.717) is 0 Å². The average molecular weight is 213 g/mol. The minimum Gasteiger partial charge on any atom is -0.481 e. The number of hydrogen-bond acceptors (Lipinski definition) is 3. The predicted octanol–water partition coefficient (Wildman–Crippen LogP) is 0.380. The van der Waals surface area contributed by atoms with Gasteiger partial charge in [0.15, 0.2) is 0 Å². The van der Waals surface area contributed by atoms with Crippen LogP contribution in [0.3, 0.4) is 0 Å². The first-order chi connectivity index (χ1) is 6.39. The van der Waals surface area contributed by atoms with Gasteiger partial charge in [0.25, 0.3) is 0 Å². The van der Waals surface area contributed by atoms with Crippen molar-refractivity contribution in [2.75, 3.05) is 13.2 Å². The molecule has 0 aliphatic carbocycles. The Morgan fingerprint density at radius 3 is 2.57 bits per heavy atom. The number of carbonyl (C=O) groups is 1. The summed E-state index contributed by atoms with van der Waals surface area (Å²) < 4.78 is 41.0.